The molecule has 1 saturated heterocycles. The number of thiophene rings is 1. The van der Waals surface area contributed by atoms with Crippen molar-refractivity contribution in [2.75, 3.05) is 26.2 Å². The minimum absolute atomic E-state index is 0.436. The summed E-state index contributed by atoms with van der Waals surface area (Å²) in [5.41, 5.74) is 0. The van der Waals surface area contributed by atoms with Crippen LogP contribution < -0.4 is 0 Å². The summed E-state index contributed by atoms with van der Waals surface area (Å²) in [7, 11) is 0. The third-order valence-electron chi connectivity index (χ3n) is 4.62. The smallest absolute Gasteiger partial charge is 0.0813 e. The van der Waals surface area contributed by atoms with Crippen LogP contribution in [0.5, 0.6) is 0 Å². The molecular formula is C17H27NO2S. The average molecular weight is 309 g/mol. The minimum Gasteiger partial charge on any atom is -0.377 e. The summed E-state index contributed by atoms with van der Waals surface area (Å²) in [5, 5.41) is 2.11. The molecule has 1 aliphatic heterocycles. The molecule has 3 nitrogen and oxygen atoms in total. The number of hydrogen-bond acceptors (Lipinski definition) is 4. The van der Waals surface area contributed by atoms with Crippen molar-refractivity contribution in [2.24, 2.45) is 0 Å². The van der Waals surface area contributed by atoms with Gasteiger partial charge in [-0.25, -0.2) is 0 Å². The quantitative estimate of drug-likeness (QED) is 0.767. The SMILES string of the molecule is c1csc(COC2CCC(OCCN3CCCC3)CC2)c1. The van der Waals surface area contributed by atoms with Gasteiger partial charge in [0.1, 0.15) is 0 Å². The van der Waals surface area contributed by atoms with Crippen molar-refractivity contribution in [3.8, 4) is 0 Å². The number of nitrogens with zero attached hydrogens (tertiary/aromatic N) is 1. The van der Waals surface area contributed by atoms with Gasteiger partial charge >= 0.3 is 0 Å². The molecule has 1 aromatic rings. The van der Waals surface area contributed by atoms with Gasteiger partial charge in [0.05, 0.1) is 25.4 Å². The maximum atomic E-state index is 6.05. The molecule has 4 heteroatoms. The van der Waals surface area contributed by atoms with E-state index in [1.807, 2.05) is 0 Å². The fraction of sp³-hybridized carbons (Fsp3) is 0.765. The van der Waals surface area contributed by atoms with Crippen molar-refractivity contribution in [1.82, 2.24) is 4.90 Å². The summed E-state index contributed by atoms with van der Waals surface area (Å²) < 4.78 is 12.1. The Kier molecular flexibility index (Phi) is 6.10. The third kappa shape index (κ3) is 5.06. The Morgan fingerprint density at radius 1 is 1.05 bits per heavy atom. The van der Waals surface area contributed by atoms with Crippen molar-refractivity contribution >= 4 is 11.3 Å². The highest BCUT2D eigenvalue weighted by Crippen LogP contribution is 2.25. The minimum atomic E-state index is 0.436. The molecule has 3 rings (SSSR count). The van der Waals surface area contributed by atoms with E-state index >= 15 is 0 Å². The van der Waals surface area contributed by atoms with Gasteiger partial charge in [0.25, 0.3) is 0 Å². The predicted octanol–water partition coefficient (Wildman–Crippen LogP) is 3.69. The van der Waals surface area contributed by atoms with E-state index in [1.165, 1.54) is 30.8 Å². The molecule has 1 saturated carbocycles. The van der Waals surface area contributed by atoms with E-state index in [1.54, 1.807) is 11.3 Å². The second-order valence-electron chi connectivity index (χ2n) is 6.21. The van der Waals surface area contributed by atoms with Crippen LogP contribution in [-0.4, -0.2) is 43.3 Å². The monoisotopic (exact) mass is 309 g/mol. The van der Waals surface area contributed by atoms with Crippen LogP contribution in [0.1, 0.15) is 43.4 Å². The highest BCUT2D eigenvalue weighted by molar-refractivity contribution is 7.09. The number of hydrogen-bond donors (Lipinski definition) is 0. The van der Waals surface area contributed by atoms with Gasteiger partial charge in [-0.1, -0.05) is 6.07 Å². The zero-order valence-electron chi connectivity index (χ0n) is 12.8. The third-order valence-corrected chi connectivity index (χ3v) is 5.47. The van der Waals surface area contributed by atoms with Crippen LogP contribution in [0.3, 0.4) is 0 Å². The molecule has 0 bridgehead atoms. The summed E-state index contributed by atoms with van der Waals surface area (Å²) in [6, 6.07) is 4.24. The Labute approximate surface area is 132 Å². The molecule has 1 aliphatic carbocycles. The lowest BCUT2D eigenvalue weighted by Gasteiger charge is -2.29. The lowest BCUT2D eigenvalue weighted by Crippen LogP contribution is -2.30. The molecule has 0 N–H and O–H groups in total. The maximum absolute atomic E-state index is 6.05. The van der Waals surface area contributed by atoms with Crippen molar-refractivity contribution in [1.29, 1.82) is 0 Å². The van der Waals surface area contributed by atoms with Crippen LogP contribution in [0.4, 0.5) is 0 Å². The number of rotatable bonds is 7. The van der Waals surface area contributed by atoms with Crippen molar-refractivity contribution < 1.29 is 9.47 Å². The van der Waals surface area contributed by atoms with Gasteiger partial charge in [-0.05, 0) is 63.1 Å². The van der Waals surface area contributed by atoms with Gasteiger partial charge in [0.15, 0.2) is 0 Å². The van der Waals surface area contributed by atoms with E-state index in [0.29, 0.717) is 12.2 Å². The lowest BCUT2D eigenvalue weighted by atomic mass is 9.95. The Hall–Kier alpha value is -0.420. The average Bonchev–Trinajstić information content (AvgIpc) is 3.20. The number of ether oxygens (including phenoxy) is 2. The first kappa shape index (κ1) is 15.5. The first-order valence-corrected chi connectivity index (χ1v) is 9.26. The van der Waals surface area contributed by atoms with Gasteiger partial charge in [-0.2, -0.15) is 0 Å². The van der Waals surface area contributed by atoms with E-state index in [-0.39, 0.29) is 0 Å². The Morgan fingerprint density at radius 3 is 2.43 bits per heavy atom. The largest absolute Gasteiger partial charge is 0.377 e. The van der Waals surface area contributed by atoms with E-state index in [4.69, 9.17) is 9.47 Å². The van der Waals surface area contributed by atoms with Crippen molar-refractivity contribution in [2.45, 2.75) is 57.3 Å². The molecule has 0 radical (unpaired) electrons. The lowest BCUT2D eigenvalue weighted by molar-refractivity contribution is -0.0390. The first-order valence-electron chi connectivity index (χ1n) is 8.38. The van der Waals surface area contributed by atoms with Crippen LogP contribution in [0.25, 0.3) is 0 Å². The predicted molar refractivity (Wildman–Crippen MR) is 86.8 cm³/mol. The second-order valence-corrected chi connectivity index (χ2v) is 7.24. The molecule has 21 heavy (non-hydrogen) atoms. The summed E-state index contributed by atoms with van der Waals surface area (Å²) in [6.45, 7) is 5.35. The molecular weight excluding hydrogens is 282 g/mol. The van der Waals surface area contributed by atoms with E-state index in [2.05, 4.69) is 22.4 Å². The summed E-state index contributed by atoms with van der Waals surface area (Å²) >= 11 is 1.78. The highest BCUT2D eigenvalue weighted by Gasteiger charge is 2.22. The molecule has 2 aliphatic rings. The summed E-state index contributed by atoms with van der Waals surface area (Å²) in [6.07, 6.45) is 8.27. The molecule has 0 atom stereocenters. The van der Waals surface area contributed by atoms with Crippen LogP contribution in [0.15, 0.2) is 17.5 Å². The molecule has 0 spiro atoms. The standard InChI is InChI=1S/C17H27NO2S/c1-2-10-18(9-1)11-12-19-15-5-7-16(8-6-15)20-14-17-4-3-13-21-17/h3-4,13,15-16H,1-2,5-12,14H2. The Morgan fingerprint density at radius 2 is 1.76 bits per heavy atom. The van der Waals surface area contributed by atoms with Crippen LogP contribution in [0, 0.1) is 0 Å². The Bertz CT molecular complexity index is 382. The molecule has 0 aromatic carbocycles. The topological polar surface area (TPSA) is 21.7 Å². The van der Waals surface area contributed by atoms with Gasteiger partial charge in [0.2, 0.25) is 0 Å². The van der Waals surface area contributed by atoms with E-state index < -0.39 is 0 Å². The normalized spacial score (nSPS) is 27.2. The zero-order chi connectivity index (χ0) is 14.3. The molecule has 2 heterocycles. The summed E-state index contributed by atoms with van der Waals surface area (Å²) in [5.74, 6) is 0. The van der Waals surface area contributed by atoms with Crippen LogP contribution in [-0.2, 0) is 16.1 Å². The molecule has 2 fully saturated rings. The molecule has 0 amide bonds. The van der Waals surface area contributed by atoms with Gasteiger partial charge in [0, 0.05) is 11.4 Å². The second kappa shape index (κ2) is 8.28. The van der Waals surface area contributed by atoms with Crippen molar-refractivity contribution in [3.05, 3.63) is 22.4 Å². The maximum Gasteiger partial charge on any atom is 0.0813 e. The fourth-order valence-electron chi connectivity index (χ4n) is 3.31. The molecule has 118 valence electrons. The van der Waals surface area contributed by atoms with Gasteiger partial charge < -0.3 is 14.4 Å². The van der Waals surface area contributed by atoms with Gasteiger partial charge in [-0.15, -0.1) is 11.3 Å². The fourth-order valence-corrected chi connectivity index (χ4v) is 3.94. The molecule has 1 aromatic heterocycles. The summed E-state index contributed by atoms with van der Waals surface area (Å²) in [4.78, 5) is 3.86. The highest BCUT2D eigenvalue weighted by atomic mass is 32.1. The molecule has 0 unspecified atom stereocenters. The zero-order valence-corrected chi connectivity index (χ0v) is 13.7. The van der Waals surface area contributed by atoms with E-state index in [9.17, 15) is 0 Å². The Balaban J connectivity index is 1.26. The first-order chi connectivity index (χ1) is 10.4. The number of likely N-dealkylation sites (tertiary alicyclic amines) is 1. The van der Waals surface area contributed by atoms with Crippen molar-refractivity contribution in [3.63, 3.8) is 0 Å². The van der Waals surface area contributed by atoms with E-state index in [0.717, 1.165) is 45.4 Å². The van der Waals surface area contributed by atoms with Crippen LogP contribution in [0.2, 0.25) is 0 Å². The van der Waals surface area contributed by atoms with Crippen LogP contribution >= 0.6 is 11.3 Å². The van der Waals surface area contributed by atoms with Gasteiger partial charge in [-0.3, -0.25) is 0 Å².